The highest BCUT2D eigenvalue weighted by Crippen LogP contribution is 2.02. The molecule has 0 unspecified atom stereocenters. The molecule has 0 spiro atoms. The van der Waals surface area contributed by atoms with E-state index in [1.165, 1.54) is 0 Å². The van der Waals surface area contributed by atoms with Crippen molar-refractivity contribution in [2.75, 3.05) is 0 Å². The zero-order valence-electron chi connectivity index (χ0n) is 8.87. The summed E-state index contributed by atoms with van der Waals surface area (Å²) < 4.78 is 1.92. The molecule has 0 aliphatic heterocycles. The molecule has 0 saturated carbocycles. The molecule has 14 heavy (non-hydrogen) atoms. The lowest BCUT2D eigenvalue weighted by Crippen LogP contribution is -2.10. The van der Waals surface area contributed by atoms with Crippen molar-refractivity contribution in [1.82, 2.24) is 9.38 Å². The van der Waals surface area contributed by atoms with Gasteiger partial charge in [-0.15, -0.1) is 0 Å². The Bertz CT molecular complexity index is 454. The van der Waals surface area contributed by atoms with Crippen molar-refractivity contribution in [3.63, 3.8) is 0 Å². The van der Waals surface area contributed by atoms with Crippen LogP contribution in [0.2, 0.25) is 0 Å². The minimum atomic E-state index is -0.0304. The molecule has 0 amide bonds. The number of H-pyrrole nitrogens is 1. The van der Waals surface area contributed by atoms with Crippen LogP contribution in [0.5, 0.6) is 0 Å². The van der Waals surface area contributed by atoms with Gasteiger partial charge in [-0.05, 0) is 18.6 Å². The van der Waals surface area contributed by atoms with Crippen molar-refractivity contribution in [2.45, 2.75) is 27.2 Å². The van der Waals surface area contributed by atoms with E-state index in [0.717, 1.165) is 12.1 Å². The second-order valence-electron chi connectivity index (χ2n) is 2.73. The predicted octanol–water partition coefficient (Wildman–Crippen LogP) is 2.22. The molecule has 0 aliphatic rings. The average Bonchev–Trinajstić information content (AvgIpc) is 2.71. The van der Waals surface area contributed by atoms with Gasteiger partial charge >= 0.3 is 0 Å². The van der Waals surface area contributed by atoms with E-state index in [4.69, 9.17) is 0 Å². The first-order valence-corrected chi connectivity index (χ1v) is 5.00. The Morgan fingerprint density at radius 3 is 2.79 bits per heavy atom. The maximum atomic E-state index is 11.2. The number of hydrogen-bond donors (Lipinski definition) is 1. The molecule has 0 aromatic carbocycles. The summed E-state index contributed by atoms with van der Waals surface area (Å²) in [6.07, 6.45) is 4.58. The van der Waals surface area contributed by atoms with Crippen molar-refractivity contribution in [2.24, 2.45) is 0 Å². The second kappa shape index (κ2) is 4.65. The van der Waals surface area contributed by atoms with Crippen LogP contribution in [-0.4, -0.2) is 9.38 Å². The van der Waals surface area contributed by atoms with Gasteiger partial charge in [0.15, 0.2) is 0 Å². The number of fused-ring (bicyclic) bond motifs is 1. The maximum Gasteiger partial charge on any atom is 0.272 e. The molecule has 2 heterocycles. The number of aromatic amines is 1. The summed E-state index contributed by atoms with van der Waals surface area (Å²) in [5.74, 6) is 0. The van der Waals surface area contributed by atoms with E-state index >= 15 is 0 Å². The lowest BCUT2D eigenvalue weighted by atomic mass is 10.3. The number of aryl methyl sites for hydroxylation is 1. The number of nitrogens with one attached hydrogen (secondary N) is 1. The van der Waals surface area contributed by atoms with Gasteiger partial charge in [0.25, 0.3) is 5.56 Å². The quantitative estimate of drug-likeness (QED) is 0.739. The minimum Gasteiger partial charge on any atom is -0.326 e. The summed E-state index contributed by atoms with van der Waals surface area (Å²) in [4.78, 5) is 13.9. The van der Waals surface area contributed by atoms with Crippen molar-refractivity contribution >= 4 is 5.52 Å². The van der Waals surface area contributed by atoms with Gasteiger partial charge in [0.1, 0.15) is 5.52 Å². The smallest absolute Gasteiger partial charge is 0.272 e. The molecule has 1 N–H and O–H groups in total. The van der Waals surface area contributed by atoms with Crippen LogP contribution in [0.15, 0.2) is 29.3 Å². The van der Waals surface area contributed by atoms with Gasteiger partial charge in [-0.2, -0.15) is 0 Å². The number of rotatable bonds is 1. The summed E-state index contributed by atoms with van der Waals surface area (Å²) in [5.41, 5.74) is 1.81. The Morgan fingerprint density at radius 1 is 1.43 bits per heavy atom. The summed E-state index contributed by atoms with van der Waals surface area (Å²) >= 11 is 0. The fourth-order valence-corrected chi connectivity index (χ4v) is 1.38. The Hall–Kier alpha value is -1.51. The van der Waals surface area contributed by atoms with E-state index in [-0.39, 0.29) is 5.56 Å². The highest BCUT2D eigenvalue weighted by Gasteiger charge is 1.99. The zero-order valence-corrected chi connectivity index (χ0v) is 8.87. The topological polar surface area (TPSA) is 37.3 Å². The summed E-state index contributed by atoms with van der Waals surface area (Å²) in [6.45, 7) is 6.06. The fraction of sp³-hybridized carbons (Fsp3) is 0.364. The summed E-state index contributed by atoms with van der Waals surface area (Å²) in [6, 6.07) is 3.70. The Balaban J connectivity index is 0.000000461. The third-order valence-electron chi connectivity index (χ3n) is 2.02. The molecular formula is C11H16N2O. The van der Waals surface area contributed by atoms with Crippen LogP contribution in [0, 0.1) is 0 Å². The summed E-state index contributed by atoms with van der Waals surface area (Å²) in [5, 5.41) is 0. The van der Waals surface area contributed by atoms with Crippen molar-refractivity contribution < 1.29 is 0 Å². The van der Waals surface area contributed by atoms with Crippen molar-refractivity contribution in [3.05, 3.63) is 40.6 Å². The molecule has 2 rings (SSSR count). The van der Waals surface area contributed by atoms with Gasteiger partial charge in [-0.3, -0.25) is 4.79 Å². The van der Waals surface area contributed by atoms with E-state index in [9.17, 15) is 4.79 Å². The van der Waals surface area contributed by atoms with Crippen LogP contribution in [0.25, 0.3) is 5.52 Å². The van der Waals surface area contributed by atoms with Gasteiger partial charge in [0, 0.05) is 18.1 Å². The molecule has 0 fully saturated rings. The molecule has 76 valence electrons. The highest BCUT2D eigenvalue weighted by atomic mass is 16.1. The third kappa shape index (κ3) is 1.71. The molecule has 2 aromatic rings. The Kier molecular flexibility index (Phi) is 3.51. The molecular weight excluding hydrogens is 176 g/mol. The van der Waals surface area contributed by atoms with Crippen LogP contribution < -0.4 is 5.56 Å². The normalized spacial score (nSPS) is 9.64. The molecule has 2 aromatic heterocycles. The lowest BCUT2D eigenvalue weighted by Gasteiger charge is -2.00. The van der Waals surface area contributed by atoms with Crippen LogP contribution >= 0.6 is 0 Å². The second-order valence-corrected chi connectivity index (χ2v) is 2.73. The molecule has 3 heteroatoms. The average molecular weight is 192 g/mol. The number of nitrogens with zero attached hydrogens (tertiary/aromatic N) is 1. The monoisotopic (exact) mass is 192 g/mol. The molecule has 0 atom stereocenters. The SMILES string of the molecule is CC.CCc1c[nH]c(=O)c2cccn12. The van der Waals surface area contributed by atoms with Gasteiger partial charge in [-0.25, -0.2) is 0 Å². The Morgan fingerprint density at radius 2 is 2.14 bits per heavy atom. The van der Waals surface area contributed by atoms with E-state index in [2.05, 4.69) is 11.9 Å². The van der Waals surface area contributed by atoms with E-state index < -0.39 is 0 Å². The maximum absolute atomic E-state index is 11.2. The molecule has 3 nitrogen and oxygen atoms in total. The molecule has 0 radical (unpaired) electrons. The first kappa shape index (κ1) is 10.6. The standard InChI is InChI=1S/C9H10N2O.C2H6/c1-2-7-6-10-9(12)8-4-3-5-11(7)8;1-2/h3-6H,2H2,1H3,(H,10,12);1-2H3. The van der Waals surface area contributed by atoms with E-state index in [1.807, 2.05) is 36.6 Å². The van der Waals surface area contributed by atoms with Crippen LogP contribution in [0.3, 0.4) is 0 Å². The third-order valence-corrected chi connectivity index (χ3v) is 2.02. The molecule has 0 saturated heterocycles. The Labute approximate surface area is 83.4 Å². The van der Waals surface area contributed by atoms with Crippen LogP contribution in [0.4, 0.5) is 0 Å². The lowest BCUT2D eigenvalue weighted by molar-refractivity contribution is 0.945. The molecule has 0 aliphatic carbocycles. The van der Waals surface area contributed by atoms with Gasteiger partial charge in [-0.1, -0.05) is 20.8 Å². The first-order valence-electron chi connectivity index (χ1n) is 5.00. The number of aromatic nitrogens is 2. The first-order chi connectivity index (χ1) is 6.83. The van der Waals surface area contributed by atoms with Gasteiger partial charge < -0.3 is 9.38 Å². The summed E-state index contributed by atoms with van der Waals surface area (Å²) in [7, 11) is 0. The predicted molar refractivity (Wildman–Crippen MR) is 58.7 cm³/mol. The minimum absolute atomic E-state index is 0.0304. The van der Waals surface area contributed by atoms with Crippen molar-refractivity contribution in [1.29, 1.82) is 0 Å². The fourth-order valence-electron chi connectivity index (χ4n) is 1.38. The van der Waals surface area contributed by atoms with Crippen LogP contribution in [0.1, 0.15) is 26.5 Å². The van der Waals surface area contributed by atoms with Gasteiger partial charge in [0.2, 0.25) is 0 Å². The molecule has 0 bridgehead atoms. The van der Waals surface area contributed by atoms with Crippen molar-refractivity contribution in [3.8, 4) is 0 Å². The zero-order chi connectivity index (χ0) is 10.6. The van der Waals surface area contributed by atoms with Crippen LogP contribution in [-0.2, 0) is 6.42 Å². The van der Waals surface area contributed by atoms with E-state index in [0.29, 0.717) is 5.52 Å². The van der Waals surface area contributed by atoms with Gasteiger partial charge in [0.05, 0.1) is 0 Å². The largest absolute Gasteiger partial charge is 0.326 e. The van der Waals surface area contributed by atoms with E-state index in [1.54, 1.807) is 6.20 Å². The number of hydrogen-bond acceptors (Lipinski definition) is 1. The highest BCUT2D eigenvalue weighted by molar-refractivity contribution is 5.45.